The van der Waals surface area contributed by atoms with Crippen LogP contribution in [-0.2, 0) is 16.0 Å². The maximum absolute atomic E-state index is 11.3. The lowest BCUT2D eigenvalue weighted by atomic mass is 9.72. The van der Waals surface area contributed by atoms with Crippen LogP contribution in [0, 0.1) is 5.92 Å². The highest BCUT2D eigenvalue weighted by molar-refractivity contribution is 5.78. The van der Waals surface area contributed by atoms with Gasteiger partial charge in [-0.3, -0.25) is 4.79 Å². The molecule has 1 unspecified atom stereocenters. The van der Waals surface area contributed by atoms with E-state index >= 15 is 0 Å². The first-order chi connectivity index (χ1) is 10.2. The van der Waals surface area contributed by atoms with Crippen molar-refractivity contribution in [3.05, 3.63) is 52.6 Å². The van der Waals surface area contributed by atoms with Gasteiger partial charge in [-0.15, -0.1) is 0 Å². The number of carbonyl (C=O) groups excluding carboxylic acids is 1. The Kier molecular flexibility index (Phi) is 2.99. The van der Waals surface area contributed by atoms with E-state index in [4.69, 9.17) is 4.74 Å². The van der Waals surface area contributed by atoms with E-state index in [0.717, 1.165) is 32.1 Å². The molecule has 0 aliphatic heterocycles. The molecule has 0 heterocycles. The first kappa shape index (κ1) is 12.9. The van der Waals surface area contributed by atoms with Crippen LogP contribution in [0.1, 0.15) is 43.7 Å². The molecular formula is C19H20O2. The highest BCUT2D eigenvalue weighted by Crippen LogP contribution is 2.49. The second-order valence-corrected chi connectivity index (χ2v) is 6.30. The number of hydrogen-bond donors (Lipinski definition) is 0. The van der Waals surface area contributed by atoms with Crippen LogP contribution in [0.3, 0.4) is 0 Å². The van der Waals surface area contributed by atoms with Crippen molar-refractivity contribution in [1.29, 1.82) is 0 Å². The standard InChI is InChI=1S/C19H20O2/c1-12(20)21-19-11-10-17-16-7-6-13-4-2-3-5-14(13)15(16)8-9-18(17)19/h2-5,10,18-19H,6-9,11H2,1H3/t18-,19?/m0/s1. The summed E-state index contributed by atoms with van der Waals surface area (Å²) in [6, 6.07) is 8.81. The van der Waals surface area contributed by atoms with Crippen molar-refractivity contribution >= 4 is 11.5 Å². The molecule has 0 fully saturated rings. The van der Waals surface area contributed by atoms with Gasteiger partial charge in [0, 0.05) is 19.3 Å². The first-order valence-electron chi connectivity index (χ1n) is 7.92. The van der Waals surface area contributed by atoms with E-state index in [1.807, 2.05) is 0 Å². The highest BCUT2D eigenvalue weighted by atomic mass is 16.5. The SMILES string of the molecule is CC(=O)OC1CC=C2C3=C(CC[C@@H]21)c1ccccc1CC3. The fraction of sp³-hybridized carbons (Fsp3) is 0.421. The summed E-state index contributed by atoms with van der Waals surface area (Å²) < 4.78 is 5.52. The van der Waals surface area contributed by atoms with Crippen LogP contribution in [0.25, 0.3) is 5.57 Å². The van der Waals surface area contributed by atoms with Crippen molar-refractivity contribution in [2.75, 3.05) is 0 Å². The van der Waals surface area contributed by atoms with E-state index in [-0.39, 0.29) is 12.1 Å². The van der Waals surface area contributed by atoms with Gasteiger partial charge in [0.25, 0.3) is 0 Å². The predicted octanol–water partition coefficient (Wildman–Crippen LogP) is 4.06. The molecular weight excluding hydrogens is 260 g/mol. The van der Waals surface area contributed by atoms with Gasteiger partial charge in [0.15, 0.2) is 0 Å². The van der Waals surface area contributed by atoms with Crippen molar-refractivity contribution in [3.63, 3.8) is 0 Å². The van der Waals surface area contributed by atoms with Crippen LogP contribution in [0.2, 0.25) is 0 Å². The van der Waals surface area contributed by atoms with Crippen LogP contribution in [-0.4, -0.2) is 12.1 Å². The fourth-order valence-electron chi connectivity index (χ4n) is 4.30. The zero-order chi connectivity index (χ0) is 14.4. The average Bonchev–Trinajstić information content (AvgIpc) is 2.89. The van der Waals surface area contributed by atoms with Crippen LogP contribution in [0.4, 0.5) is 0 Å². The molecule has 3 aliphatic rings. The maximum atomic E-state index is 11.3. The van der Waals surface area contributed by atoms with E-state index < -0.39 is 0 Å². The number of carbonyl (C=O) groups is 1. The molecule has 0 saturated carbocycles. The van der Waals surface area contributed by atoms with E-state index in [1.54, 1.807) is 11.1 Å². The average molecular weight is 280 g/mol. The Balaban J connectivity index is 1.70. The third-order valence-electron chi connectivity index (χ3n) is 5.14. The lowest BCUT2D eigenvalue weighted by Crippen LogP contribution is -2.26. The molecule has 1 aromatic carbocycles. The number of rotatable bonds is 1. The number of ether oxygens (including phenoxy) is 1. The third kappa shape index (κ3) is 2.05. The molecule has 21 heavy (non-hydrogen) atoms. The minimum Gasteiger partial charge on any atom is -0.462 e. The van der Waals surface area contributed by atoms with E-state index in [9.17, 15) is 4.79 Å². The summed E-state index contributed by atoms with van der Waals surface area (Å²) in [6.45, 7) is 1.52. The fourth-order valence-corrected chi connectivity index (χ4v) is 4.30. The Hall–Kier alpha value is -1.83. The van der Waals surface area contributed by atoms with Gasteiger partial charge in [0.05, 0.1) is 0 Å². The summed E-state index contributed by atoms with van der Waals surface area (Å²) in [7, 11) is 0. The van der Waals surface area contributed by atoms with Crippen molar-refractivity contribution in [1.82, 2.24) is 0 Å². The molecule has 2 atom stereocenters. The molecule has 2 nitrogen and oxygen atoms in total. The highest BCUT2D eigenvalue weighted by Gasteiger charge is 2.38. The van der Waals surface area contributed by atoms with Gasteiger partial charge in [-0.25, -0.2) is 0 Å². The summed E-state index contributed by atoms with van der Waals surface area (Å²) in [4.78, 5) is 11.3. The summed E-state index contributed by atoms with van der Waals surface area (Å²) in [6.07, 6.45) is 7.78. The lowest BCUT2D eigenvalue weighted by Gasteiger charge is -2.34. The van der Waals surface area contributed by atoms with Crippen LogP contribution < -0.4 is 0 Å². The molecule has 108 valence electrons. The molecule has 0 amide bonds. The zero-order valence-corrected chi connectivity index (χ0v) is 12.4. The number of hydrogen-bond acceptors (Lipinski definition) is 2. The smallest absolute Gasteiger partial charge is 0.302 e. The van der Waals surface area contributed by atoms with Crippen LogP contribution in [0.5, 0.6) is 0 Å². The van der Waals surface area contributed by atoms with Crippen molar-refractivity contribution < 1.29 is 9.53 Å². The quantitative estimate of drug-likeness (QED) is 0.725. The molecule has 0 spiro atoms. The largest absolute Gasteiger partial charge is 0.462 e. The Labute approximate surface area is 125 Å². The summed E-state index contributed by atoms with van der Waals surface area (Å²) >= 11 is 0. The number of aryl methyl sites for hydroxylation is 1. The van der Waals surface area contributed by atoms with E-state index in [1.165, 1.54) is 23.6 Å². The lowest BCUT2D eigenvalue weighted by molar-refractivity contribution is -0.147. The zero-order valence-electron chi connectivity index (χ0n) is 12.4. The minimum atomic E-state index is -0.150. The number of benzene rings is 1. The van der Waals surface area contributed by atoms with E-state index in [2.05, 4.69) is 30.3 Å². The molecule has 0 N–H and O–H groups in total. The molecule has 1 aromatic rings. The van der Waals surface area contributed by atoms with E-state index in [0.29, 0.717) is 5.92 Å². The van der Waals surface area contributed by atoms with Crippen molar-refractivity contribution in [2.24, 2.45) is 5.92 Å². The number of esters is 1. The second-order valence-electron chi connectivity index (χ2n) is 6.30. The summed E-state index contributed by atoms with van der Waals surface area (Å²) in [5, 5.41) is 0. The predicted molar refractivity (Wildman–Crippen MR) is 82.7 cm³/mol. The van der Waals surface area contributed by atoms with Crippen LogP contribution >= 0.6 is 0 Å². The van der Waals surface area contributed by atoms with Gasteiger partial charge >= 0.3 is 5.97 Å². The van der Waals surface area contributed by atoms with Gasteiger partial charge in [-0.2, -0.15) is 0 Å². The number of allylic oxidation sites excluding steroid dienone is 2. The summed E-state index contributed by atoms with van der Waals surface area (Å²) in [5.74, 6) is 0.279. The maximum Gasteiger partial charge on any atom is 0.302 e. The Morgan fingerprint density at radius 2 is 2.00 bits per heavy atom. The molecule has 4 rings (SSSR count). The monoisotopic (exact) mass is 280 g/mol. The Morgan fingerprint density at radius 1 is 1.14 bits per heavy atom. The Bertz CT molecular complexity index is 666. The summed E-state index contributed by atoms with van der Waals surface area (Å²) in [5.41, 5.74) is 7.50. The molecule has 2 heteroatoms. The third-order valence-corrected chi connectivity index (χ3v) is 5.14. The Morgan fingerprint density at radius 3 is 2.86 bits per heavy atom. The minimum absolute atomic E-state index is 0.0729. The normalized spacial score (nSPS) is 26.6. The van der Waals surface area contributed by atoms with Gasteiger partial charge in [0.1, 0.15) is 6.10 Å². The second kappa shape index (κ2) is 4.87. The molecule has 0 saturated heterocycles. The van der Waals surface area contributed by atoms with Gasteiger partial charge in [0.2, 0.25) is 0 Å². The number of fused-ring (bicyclic) bond motifs is 4. The molecule has 0 bridgehead atoms. The van der Waals surface area contributed by atoms with Gasteiger partial charge in [-0.1, -0.05) is 30.3 Å². The topological polar surface area (TPSA) is 26.3 Å². The molecule has 0 radical (unpaired) electrons. The van der Waals surface area contributed by atoms with Crippen molar-refractivity contribution in [2.45, 2.75) is 45.1 Å². The van der Waals surface area contributed by atoms with Crippen molar-refractivity contribution in [3.8, 4) is 0 Å². The molecule has 0 aromatic heterocycles. The van der Waals surface area contributed by atoms with Gasteiger partial charge in [-0.05, 0) is 53.5 Å². The van der Waals surface area contributed by atoms with Gasteiger partial charge < -0.3 is 4.74 Å². The first-order valence-corrected chi connectivity index (χ1v) is 7.92. The van der Waals surface area contributed by atoms with Crippen LogP contribution in [0.15, 0.2) is 41.5 Å². The molecule has 3 aliphatic carbocycles.